The normalized spacial score (nSPS) is 38.1. The number of rotatable bonds is 2. The number of nitrogens with zero attached hydrogens (tertiary/aromatic N) is 1. The molecule has 3 heteroatoms. The Hall–Kier alpha value is -1.15. The van der Waals surface area contributed by atoms with E-state index in [9.17, 15) is 0 Å². The summed E-state index contributed by atoms with van der Waals surface area (Å²) in [5.41, 5.74) is 3.73. The van der Waals surface area contributed by atoms with E-state index in [-0.39, 0.29) is 12.4 Å². The third-order valence-corrected chi connectivity index (χ3v) is 7.88. The zero-order valence-corrected chi connectivity index (χ0v) is 16.2. The fourth-order valence-corrected chi connectivity index (χ4v) is 7.13. The molecular formula is C22H30ClNO. The molecule has 1 saturated heterocycles. The number of hydrogen-bond donors (Lipinski definition) is 0. The highest BCUT2D eigenvalue weighted by Crippen LogP contribution is 2.68. The van der Waals surface area contributed by atoms with E-state index in [1.807, 2.05) is 0 Å². The van der Waals surface area contributed by atoms with Crippen molar-refractivity contribution in [3.05, 3.63) is 41.6 Å². The second-order valence-electron chi connectivity index (χ2n) is 8.44. The number of allylic oxidation sites excluding steroid dienone is 1. The Morgan fingerprint density at radius 3 is 2.88 bits per heavy atom. The van der Waals surface area contributed by atoms with Crippen LogP contribution in [0.3, 0.4) is 0 Å². The van der Waals surface area contributed by atoms with Crippen LogP contribution >= 0.6 is 12.4 Å². The van der Waals surface area contributed by atoms with Crippen molar-refractivity contribution < 1.29 is 4.74 Å². The van der Waals surface area contributed by atoms with E-state index in [2.05, 4.69) is 42.3 Å². The lowest BCUT2D eigenvalue weighted by atomic mass is 9.50. The number of likely N-dealkylation sites (tertiary alicyclic amines) is 1. The number of hydrogen-bond acceptors (Lipinski definition) is 2. The first-order valence-electron chi connectivity index (χ1n) is 9.83. The van der Waals surface area contributed by atoms with Gasteiger partial charge in [-0.25, -0.2) is 0 Å². The minimum absolute atomic E-state index is 0. The Morgan fingerprint density at radius 2 is 2.08 bits per heavy atom. The molecule has 4 aliphatic rings. The molecule has 3 fully saturated rings. The van der Waals surface area contributed by atoms with Gasteiger partial charge >= 0.3 is 0 Å². The van der Waals surface area contributed by atoms with Gasteiger partial charge in [-0.3, -0.25) is 0 Å². The molecule has 0 aromatic heterocycles. The molecule has 1 aliphatic heterocycles. The molecule has 0 radical (unpaired) electrons. The number of halogens is 1. The number of fused-ring (bicyclic) bond motifs is 2. The summed E-state index contributed by atoms with van der Waals surface area (Å²) in [5.74, 6) is 3.75. The standard InChI is InChI=1S/C22H29NO.ClH/c1-3-11-23-12-9-19-15-5-7-20-18-14-17(24-2)6-4-16(18)13-21(23)22(19,20)10-8-15;/h3-4,6,11,14-15,19-21H,5,7-10,12-13H2,1-2H3;1H/b11-3+;. The van der Waals surface area contributed by atoms with Crippen LogP contribution < -0.4 is 4.74 Å². The minimum Gasteiger partial charge on any atom is -0.497 e. The van der Waals surface area contributed by atoms with Crippen molar-refractivity contribution in [3.8, 4) is 5.75 Å². The minimum atomic E-state index is 0. The molecule has 2 saturated carbocycles. The molecule has 0 N–H and O–H groups in total. The van der Waals surface area contributed by atoms with Crippen LogP contribution in [0.5, 0.6) is 5.75 Å². The third-order valence-electron chi connectivity index (χ3n) is 7.88. The molecule has 5 rings (SSSR count). The van der Waals surface area contributed by atoms with Crippen LogP contribution in [0.1, 0.15) is 56.1 Å². The van der Waals surface area contributed by atoms with Gasteiger partial charge < -0.3 is 9.64 Å². The van der Waals surface area contributed by atoms with Gasteiger partial charge in [0.25, 0.3) is 0 Å². The highest BCUT2D eigenvalue weighted by Gasteiger charge is 2.63. The van der Waals surface area contributed by atoms with Crippen LogP contribution in [0.4, 0.5) is 0 Å². The Labute approximate surface area is 158 Å². The van der Waals surface area contributed by atoms with Gasteiger partial charge in [-0.1, -0.05) is 12.1 Å². The predicted molar refractivity (Wildman–Crippen MR) is 104 cm³/mol. The lowest BCUT2D eigenvalue weighted by Crippen LogP contribution is -2.60. The van der Waals surface area contributed by atoms with Crippen LogP contribution in [0.25, 0.3) is 0 Å². The van der Waals surface area contributed by atoms with Gasteiger partial charge in [-0.05, 0) is 92.7 Å². The molecule has 2 bridgehead atoms. The Morgan fingerprint density at radius 1 is 1.20 bits per heavy atom. The molecule has 1 aromatic carbocycles. The van der Waals surface area contributed by atoms with Crippen LogP contribution in [0.15, 0.2) is 30.5 Å². The Kier molecular flexibility index (Phi) is 4.30. The first kappa shape index (κ1) is 17.3. The molecule has 25 heavy (non-hydrogen) atoms. The van der Waals surface area contributed by atoms with Crippen molar-refractivity contribution in [2.45, 2.75) is 57.4 Å². The molecule has 5 unspecified atom stereocenters. The van der Waals surface area contributed by atoms with Crippen LogP contribution in [0.2, 0.25) is 0 Å². The van der Waals surface area contributed by atoms with E-state index >= 15 is 0 Å². The van der Waals surface area contributed by atoms with Gasteiger partial charge in [0, 0.05) is 18.0 Å². The summed E-state index contributed by atoms with van der Waals surface area (Å²) in [6.45, 7) is 3.43. The van der Waals surface area contributed by atoms with Gasteiger partial charge in [0.2, 0.25) is 0 Å². The smallest absolute Gasteiger partial charge is 0.119 e. The highest BCUT2D eigenvalue weighted by molar-refractivity contribution is 5.85. The lowest BCUT2D eigenvalue weighted by Gasteiger charge is -2.61. The maximum atomic E-state index is 5.57. The van der Waals surface area contributed by atoms with Crippen LogP contribution in [-0.4, -0.2) is 24.6 Å². The van der Waals surface area contributed by atoms with E-state index in [4.69, 9.17) is 4.74 Å². The second kappa shape index (κ2) is 6.23. The number of methoxy groups -OCH3 is 1. The lowest BCUT2D eigenvalue weighted by molar-refractivity contribution is -0.0563. The summed E-state index contributed by atoms with van der Waals surface area (Å²) >= 11 is 0. The average Bonchev–Trinajstić information content (AvgIpc) is 2.86. The first-order valence-corrected chi connectivity index (χ1v) is 9.83. The first-order chi connectivity index (χ1) is 11.8. The average molecular weight is 360 g/mol. The largest absolute Gasteiger partial charge is 0.497 e. The summed E-state index contributed by atoms with van der Waals surface area (Å²) in [7, 11) is 1.80. The van der Waals surface area contributed by atoms with Crippen molar-refractivity contribution in [2.75, 3.05) is 13.7 Å². The monoisotopic (exact) mass is 359 g/mol. The summed E-state index contributed by atoms with van der Waals surface area (Å²) in [4.78, 5) is 2.70. The van der Waals surface area contributed by atoms with E-state index in [1.54, 1.807) is 18.2 Å². The molecular weight excluding hydrogens is 330 g/mol. The zero-order valence-electron chi connectivity index (χ0n) is 15.4. The summed E-state index contributed by atoms with van der Waals surface area (Å²) in [6, 6.07) is 7.59. The Balaban J connectivity index is 0.00000157. The molecule has 3 aliphatic carbocycles. The molecule has 1 heterocycles. The maximum absolute atomic E-state index is 5.57. The zero-order chi connectivity index (χ0) is 16.3. The van der Waals surface area contributed by atoms with Crippen molar-refractivity contribution in [2.24, 2.45) is 17.3 Å². The van der Waals surface area contributed by atoms with Gasteiger partial charge in [0.15, 0.2) is 0 Å². The van der Waals surface area contributed by atoms with E-state index in [0.717, 1.165) is 23.5 Å². The highest BCUT2D eigenvalue weighted by atomic mass is 35.5. The van der Waals surface area contributed by atoms with Gasteiger partial charge in [-0.2, -0.15) is 0 Å². The number of ether oxygens (including phenoxy) is 1. The van der Waals surface area contributed by atoms with E-state index in [0.29, 0.717) is 11.5 Å². The molecule has 136 valence electrons. The van der Waals surface area contributed by atoms with Crippen molar-refractivity contribution in [1.29, 1.82) is 0 Å². The van der Waals surface area contributed by atoms with Gasteiger partial charge in [0.05, 0.1) is 7.11 Å². The summed E-state index contributed by atoms with van der Waals surface area (Å²) < 4.78 is 5.57. The summed E-state index contributed by atoms with van der Waals surface area (Å²) in [5, 5.41) is 0. The molecule has 5 atom stereocenters. The quantitative estimate of drug-likeness (QED) is 0.722. The van der Waals surface area contributed by atoms with Gasteiger partial charge in [-0.15, -0.1) is 12.4 Å². The number of piperidine rings is 1. The molecule has 2 nitrogen and oxygen atoms in total. The SMILES string of the molecule is C/C=C/N1CCC2C3CCC4c5cc(OC)ccc5CC1C42CC3.Cl. The topological polar surface area (TPSA) is 12.5 Å². The van der Waals surface area contributed by atoms with E-state index in [1.165, 1.54) is 45.1 Å². The number of benzene rings is 1. The maximum Gasteiger partial charge on any atom is 0.119 e. The van der Waals surface area contributed by atoms with Crippen molar-refractivity contribution in [3.63, 3.8) is 0 Å². The van der Waals surface area contributed by atoms with Gasteiger partial charge in [0.1, 0.15) is 5.75 Å². The summed E-state index contributed by atoms with van der Waals surface area (Å²) in [6.07, 6.45) is 13.0. The van der Waals surface area contributed by atoms with Crippen molar-refractivity contribution in [1.82, 2.24) is 4.90 Å². The van der Waals surface area contributed by atoms with E-state index < -0.39 is 0 Å². The molecule has 0 amide bonds. The Bertz CT molecular complexity index is 687. The van der Waals surface area contributed by atoms with Crippen LogP contribution in [0, 0.1) is 17.3 Å². The predicted octanol–water partition coefficient (Wildman–Crippen LogP) is 5.17. The molecule has 1 aromatic rings. The fourth-order valence-electron chi connectivity index (χ4n) is 7.13. The fraction of sp³-hybridized carbons (Fsp3) is 0.636. The third kappa shape index (κ3) is 2.22. The van der Waals surface area contributed by atoms with Crippen molar-refractivity contribution >= 4 is 12.4 Å². The molecule has 1 spiro atoms. The second-order valence-corrected chi connectivity index (χ2v) is 8.44. The van der Waals surface area contributed by atoms with Crippen LogP contribution in [-0.2, 0) is 6.42 Å².